The van der Waals surface area contributed by atoms with Crippen molar-refractivity contribution in [2.45, 2.75) is 51.4 Å². The normalized spacial score (nSPS) is 20.6. The van der Waals surface area contributed by atoms with Crippen LogP contribution in [0.25, 0.3) is 0 Å². The van der Waals surface area contributed by atoms with E-state index in [1.54, 1.807) is 0 Å². The second kappa shape index (κ2) is 7.99. The van der Waals surface area contributed by atoms with Gasteiger partial charge in [0.1, 0.15) is 0 Å². The summed E-state index contributed by atoms with van der Waals surface area (Å²) in [5, 5.41) is 10.3. The lowest BCUT2D eigenvalue weighted by atomic mass is 10.1. The van der Waals surface area contributed by atoms with Crippen molar-refractivity contribution in [3.8, 4) is 0 Å². The Morgan fingerprint density at radius 1 is 1.27 bits per heavy atom. The topological polar surface area (TPSA) is 32.7 Å². The highest BCUT2D eigenvalue weighted by Gasteiger charge is 2.22. The standard InChI is InChI=1S/C17H25F2NO2/c1-12(2)20(10-14-5-3-4-8-22-14)11-17(21)13-6-7-15(18)16(19)9-13/h6-7,9,12,14,17,21H,3-5,8,10-11H2,1-2H3. The lowest BCUT2D eigenvalue weighted by Crippen LogP contribution is -2.42. The number of rotatable bonds is 6. The van der Waals surface area contributed by atoms with Crippen molar-refractivity contribution in [3.05, 3.63) is 35.4 Å². The predicted octanol–water partition coefficient (Wildman–Crippen LogP) is 3.28. The van der Waals surface area contributed by atoms with Crippen LogP contribution in [0.3, 0.4) is 0 Å². The Bertz CT molecular complexity index is 476. The predicted molar refractivity (Wildman–Crippen MR) is 81.6 cm³/mol. The molecular formula is C17H25F2NO2. The van der Waals surface area contributed by atoms with E-state index in [9.17, 15) is 13.9 Å². The SMILES string of the molecule is CC(C)N(CC1CCCCO1)CC(O)c1ccc(F)c(F)c1. The number of hydrogen-bond acceptors (Lipinski definition) is 3. The van der Waals surface area contributed by atoms with Gasteiger partial charge in [-0.2, -0.15) is 0 Å². The summed E-state index contributed by atoms with van der Waals surface area (Å²) >= 11 is 0. The van der Waals surface area contributed by atoms with Crippen molar-refractivity contribution in [2.24, 2.45) is 0 Å². The summed E-state index contributed by atoms with van der Waals surface area (Å²) in [5.74, 6) is -1.82. The number of aliphatic hydroxyl groups is 1. The van der Waals surface area contributed by atoms with Crippen molar-refractivity contribution >= 4 is 0 Å². The van der Waals surface area contributed by atoms with Gasteiger partial charge in [-0.05, 0) is 50.8 Å². The van der Waals surface area contributed by atoms with Gasteiger partial charge in [0, 0.05) is 25.7 Å². The molecule has 0 saturated carbocycles. The molecule has 22 heavy (non-hydrogen) atoms. The van der Waals surface area contributed by atoms with Crippen molar-refractivity contribution < 1.29 is 18.6 Å². The van der Waals surface area contributed by atoms with Crippen LogP contribution in [0.1, 0.15) is 44.8 Å². The van der Waals surface area contributed by atoms with E-state index in [2.05, 4.69) is 18.7 Å². The lowest BCUT2D eigenvalue weighted by Gasteiger charge is -2.33. The molecule has 0 amide bonds. The first-order chi connectivity index (χ1) is 10.5. The second-order valence-electron chi connectivity index (χ2n) is 6.23. The number of halogens is 2. The minimum Gasteiger partial charge on any atom is -0.387 e. The van der Waals surface area contributed by atoms with E-state index in [0.29, 0.717) is 12.1 Å². The number of benzene rings is 1. The molecule has 1 N–H and O–H groups in total. The zero-order valence-corrected chi connectivity index (χ0v) is 13.3. The van der Waals surface area contributed by atoms with Crippen LogP contribution >= 0.6 is 0 Å². The Morgan fingerprint density at radius 2 is 2.05 bits per heavy atom. The van der Waals surface area contributed by atoms with Gasteiger partial charge in [-0.3, -0.25) is 4.90 Å². The summed E-state index contributed by atoms with van der Waals surface area (Å²) in [6.07, 6.45) is 2.65. The summed E-state index contributed by atoms with van der Waals surface area (Å²) in [7, 11) is 0. The Hall–Kier alpha value is -1.04. The zero-order chi connectivity index (χ0) is 16.1. The Morgan fingerprint density at radius 3 is 2.64 bits per heavy atom. The summed E-state index contributed by atoms with van der Waals surface area (Å²) in [5.41, 5.74) is 0.397. The van der Waals surface area contributed by atoms with E-state index in [1.165, 1.54) is 12.5 Å². The van der Waals surface area contributed by atoms with Crippen LogP contribution in [-0.4, -0.2) is 41.8 Å². The highest BCUT2D eigenvalue weighted by atomic mass is 19.2. The molecule has 2 rings (SSSR count). The average Bonchev–Trinajstić information content (AvgIpc) is 2.50. The van der Waals surface area contributed by atoms with Crippen LogP contribution in [0.2, 0.25) is 0 Å². The molecule has 1 aliphatic heterocycles. The van der Waals surface area contributed by atoms with Gasteiger partial charge in [0.25, 0.3) is 0 Å². The van der Waals surface area contributed by atoms with Crippen LogP contribution in [-0.2, 0) is 4.74 Å². The summed E-state index contributed by atoms with van der Waals surface area (Å²) < 4.78 is 32.0. The quantitative estimate of drug-likeness (QED) is 0.875. The maximum absolute atomic E-state index is 13.3. The fraction of sp³-hybridized carbons (Fsp3) is 0.647. The molecule has 5 heteroatoms. The maximum atomic E-state index is 13.3. The third-order valence-corrected chi connectivity index (χ3v) is 4.18. The minimum atomic E-state index is -0.928. The smallest absolute Gasteiger partial charge is 0.159 e. The van der Waals surface area contributed by atoms with Crippen LogP contribution in [0.4, 0.5) is 8.78 Å². The fourth-order valence-corrected chi connectivity index (χ4v) is 2.76. The highest BCUT2D eigenvalue weighted by molar-refractivity contribution is 5.20. The van der Waals surface area contributed by atoms with Gasteiger partial charge in [0.05, 0.1) is 12.2 Å². The van der Waals surface area contributed by atoms with E-state index in [4.69, 9.17) is 4.74 Å². The number of ether oxygens (including phenoxy) is 1. The van der Waals surface area contributed by atoms with Gasteiger partial charge in [-0.25, -0.2) is 8.78 Å². The molecular weight excluding hydrogens is 288 g/mol. The summed E-state index contributed by atoms with van der Waals surface area (Å²) in [6, 6.07) is 3.79. The molecule has 0 aromatic heterocycles. The third-order valence-electron chi connectivity index (χ3n) is 4.18. The number of aliphatic hydroxyl groups excluding tert-OH is 1. The molecule has 1 heterocycles. The Balaban J connectivity index is 1.98. The van der Waals surface area contributed by atoms with Gasteiger partial charge < -0.3 is 9.84 Å². The Kier molecular flexibility index (Phi) is 6.29. The van der Waals surface area contributed by atoms with E-state index >= 15 is 0 Å². The molecule has 2 unspecified atom stereocenters. The molecule has 0 spiro atoms. The van der Waals surface area contributed by atoms with Gasteiger partial charge in [-0.1, -0.05) is 6.07 Å². The van der Waals surface area contributed by atoms with Crippen molar-refractivity contribution in [3.63, 3.8) is 0 Å². The third kappa shape index (κ3) is 4.73. The molecule has 124 valence electrons. The van der Waals surface area contributed by atoms with Gasteiger partial charge >= 0.3 is 0 Å². The first-order valence-corrected chi connectivity index (χ1v) is 7.96. The molecule has 2 atom stereocenters. The largest absolute Gasteiger partial charge is 0.387 e. The van der Waals surface area contributed by atoms with E-state index in [0.717, 1.165) is 38.1 Å². The minimum absolute atomic E-state index is 0.188. The molecule has 1 saturated heterocycles. The van der Waals surface area contributed by atoms with Gasteiger partial charge in [0.2, 0.25) is 0 Å². The highest BCUT2D eigenvalue weighted by Crippen LogP contribution is 2.20. The van der Waals surface area contributed by atoms with Gasteiger partial charge in [0.15, 0.2) is 11.6 Å². The van der Waals surface area contributed by atoms with Crippen molar-refractivity contribution in [1.82, 2.24) is 4.90 Å². The monoisotopic (exact) mass is 313 g/mol. The molecule has 0 aliphatic carbocycles. The molecule has 1 fully saturated rings. The molecule has 0 radical (unpaired) electrons. The van der Waals surface area contributed by atoms with E-state index in [1.807, 2.05) is 0 Å². The van der Waals surface area contributed by atoms with Gasteiger partial charge in [-0.15, -0.1) is 0 Å². The molecule has 1 aromatic rings. The Labute approximate surface area is 130 Å². The molecule has 0 bridgehead atoms. The fourth-order valence-electron chi connectivity index (χ4n) is 2.76. The van der Waals surface area contributed by atoms with Crippen LogP contribution in [0.5, 0.6) is 0 Å². The first kappa shape index (κ1) is 17.3. The van der Waals surface area contributed by atoms with E-state index < -0.39 is 17.7 Å². The van der Waals surface area contributed by atoms with Crippen molar-refractivity contribution in [1.29, 1.82) is 0 Å². The van der Waals surface area contributed by atoms with E-state index in [-0.39, 0.29) is 12.1 Å². The van der Waals surface area contributed by atoms with Crippen LogP contribution < -0.4 is 0 Å². The molecule has 3 nitrogen and oxygen atoms in total. The zero-order valence-electron chi connectivity index (χ0n) is 13.3. The van der Waals surface area contributed by atoms with Crippen LogP contribution in [0.15, 0.2) is 18.2 Å². The maximum Gasteiger partial charge on any atom is 0.159 e. The van der Waals surface area contributed by atoms with Crippen LogP contribution in [0, 0.1) is 11.6 Å². The molecule has 1 aromatic carbocycles. The lowest BCUT2D eigenvalue weighted by molar-refractivity contribution is -0.0203. The average molecular weight is 313 g/mol. The number of hydrogen-bond donors (Lipinski definition) is 1. The summed E-state index contributed by atoms with van der Waals surface area (Å²) in [6.45, 7) is 6.03. The first-order valence-electron chi connectivity index (χ1n) is 7.96. The van der Waals surface area contributed by atoms with Crippen molar-refractivity contribution in [2.75, 3.05) is 19.7 Å². The second-order valence-corrected chi connectivity index (χ2v) is 6.23. The summed E-state index contributed by atoms with van der Waals surface area (Å²) in [4.78, 5) is 2.13. The molecule has 1 aliphatic rings. The number of nitrogens with zero attached hydrogens (tertiary/aromatic N) is 1.